The summed E-state index contributed by atoms with van der Waals surface area (Å²) >= 11 is 6.26. The lowest BCUT2D eigenvalue weighted by molar-refractivity contribution is 0.211. The Morgan fingerprint density at radius 2 is 1.84 bits per heavy atom. The van der Waals surface area contributed by atoms with Gasteiger partial charge in [-0.2, -0.15) is 4.98 Å². The largest absolute Gasteiger partial charge is 0.410 e. The average molecular weight is 454 g/mol. The van der Waals surface area contributed by atoms with Crippen molar-refractivity contribution < 1.29 is 9.53 Å². The van der Waals surface area contributed by atoms with Crippen LogP contribution in [-0.2, 0) is 0 Å². The normalized spacial score (nSPS) is 14.1. The highest BCUT2D eigenvalue weighted by atomic mass is 35.5. The number of halogens is 1. The Morgan fingerprint density at radius 1 is 1.09 bits per heavy atom. The summed E-state index contributed by atoms with van der Waals surface area (Å²) in [6.07, 6.45) is 0.599. The number of primary amides is 1. The van der Waals surface area contributed by atoms with Gasteiger partial charge in [-0.05, 0) is 31.3 Å². The molecular weight excluding hydrogens is 430 g/mol. The maximum absolute atomic E-state index is 11.5. The van der Waals surface area contributed by atoms with Crippen LogP contribution in [0.25, 0.3) is 0 Å². The summed E-state index contributed by atoms with van der Waals surface area (Å²) in [6, 6.07) is 15.1. The zero-order chi connectivity index (χ0) is 22.5. The molecule has 166 valence electrons. The molecule has 2 heterocycles. The van der Waals surface area contributed by atoms with E-state index < -0.39 is 6.09 Å². The molecule has 1 amide bonds. The predicted molar refractivity (Wildman–Crippen MR) is 126 cm³/mol. The van der Waals surface area contributed by atoms with Crippen LogP contribution in [0.15, 0.2) is 54.7 Å². The number of nitrogens with zero attached hydrogens (tertiary/aromatic N) is 4. The van der Waals surface area contributed by atoms with Gasteiger partial charge in [-0.1, -0.05) is 29.8 Å². The molecule has 1 fully saturated rings. The summed E-state index contributed by atoms with van der Waals surface area (Å²) in [4.78, 5) is 24.7. The molecule has 4 N–H and O–H groups in total. The molecule has 3 aromatic rings. The van der Waals surface area contributed by atoms with Gasteiger partial charge in [-0.3, -0.25) is 0 Å². The van der Waals surface area contributed by atoms with Crippen LogP contribution in [0.2, 0.25) is 5.02 Å². The van der Waals surface area contributed by atoms with Gasteiger partial charge in [0.2, 0.25) is 5.95 Å². The minimum absolute atomic E-state index is 0.287. The number of hydrogen-bond donors (Lipinski definition) is 3. The summed E-state index contributed by atoms with van der Waals surface area (Å²) in [7, 11) is 2.10. The standard InChI is InChI=1S/C22H24ClN7O2/c1-29-9-11-30(12-10-29)16-7-8-18(19(13-16)32-21(24)31)27-22-25-14-17(23)20(28-22)26-15-5-3-2-4-6-15/h2-8,13-14H,9-12H2,1H3,(H2,24,31)(H2,25,26,27,28). The van der Waals surface area contributed by atoms with Crippen LogP contribution in [0, 0.1) is 0 Å². The molecule has 32 heavy (non-hydrogen) atoms. The van der Waals surface area contributed by atoms with Gasteiger partial charge in [0.15, 0.2) is 11.6 Å². The number of para-hydroxylation sites is 1. The first-order valence-electron chi connectivity index (χ1n) is 10.1. The highest BCUT2D eigenvalue weighted by Crippen LogP contribution is 2.33. The lowest BCUT2D eigenvalue weighted by Crippen LogP contribution is -2.44. The molecule has 0 saturated carbocycles. The van der Waals surface area contributed by atoms with Gasteiger partial charge in [0.25, 0.3) is 0 Å². The number of hydrogen-bond acceptors (Lipinski definition) is 8. The Kier molecular flexibility index (Phi) is 6.58. The van der Waals surface area contributed by atoms with Crippen LogP contribution in [0.5, 0.6) is 5.75 Å². The van der Waals surface area contributed by atoms with E-state index >= 15 is 0 Å². The molecule has 4 rings (SSSR count). The van der Waals surface area contributed by atoms with Crippen molar-refractivity contribution in [1.82, 2.24) is 14.9 Å². The molecule has 0 spiro atoms. The maximum atomic E-state index is 11.5. The number of nitrogens with two attached hydrogens (primary N) is 1. The number of anilines is 5. The number of ether oxygens (including phenoxy) is 1. The van der Waals surface area contributed by atoms with E-state index in [9.17, 15) is 4.79 Å². The van der Waals surface area contributed by atoms with E-state index in [-0.39, 0.29) is 5.95 Å². The number of benzene rings is 2. The van der Waals surface area contributed by atoms with Crippen LogP contribution >= 0.6 is 11.6 Å². The fourth-order valence-corrected chi connectivity index (χ4v) is 3.50. The quantitative estimate of drug-likeness (QED) is 0.516. The third-order valence-electron chi connectivity index (χ3n) is 5.07. The van der Waals surface area contributed by atoms with Crippen molar-refractivity contribution in [2.24, 2.45) is 5.73 Å². The van der Waals surface area contributed by atoms with Crippen LogP contribution in [0.4, 0.5) is 33.6 Å². The van der Waals surface area contributed by atoms with E-state index in [1.54, 1.807) is 6.07 Å². The number of carbonyl (C=O) groups is 1. The highest BCUT2D eigenvalue weighted by molar-refractivity contribution is 6.32. The molecule has 1 aromatic heterocycles. The molecule has 0 radical (unpaired) electrons. The molecule has 1 saturated heterocycles. The molecule has 10 heteroatoms. The number of nitrogens with one attached hydrogen (secondary N) is 2. The van der Waals surface area contributed by atoms with E-state index in [2.05, 4.69) is 37.4 Å². The van der Waals surface area contributed by atoms with Gasteiger partial charge in [0, 0.05) is 43.6 Å². The van der Waals surface area contributed by atoms with E-state index in [0.717, 1.165) is 37.6 Å². The van der Waals surface area contributed by atoms with Crippen molar-refractivity contribution in [3.05, 3.63) is 59.8 Å². The second-order valence-electron chi connectivity index (χ2n) is 7.40. The van der Waals surface area contributed by atoms with Gasteiger partial charge in [0.05, 0.1) is 11.9 Å². The molecule has 1 aliphatic heterocycles. The Labute approximate surface area is 191 Å². The molecule has 0 unspecified atom stereocenters. The Hall–Kier alpha value is -3.56. The van der Waals surface area contributed by atoms with Crippen molar-refractivity contribution in [1.29, 1.82) is 0 Å². The van der Waals surface area contributed by atoms with Gasteiger partial charge in [0.1, 0.15) is 5.02 Å². The molecule has 1 aliphatic rings. The highest BCUT2D eigenvalue weighted by Gasteiger charge is 2.17. The molecule has 0 bridgehead atoms. The van der Waals surface area contributed by atoms with E-state index in [4.69, 9.17) is 22.1 Å². The molecule has 0 aliphatic carbocycles. The number of carbonyl (C=O) groups excluding carboxylic acids is 1. The second kappa shape index (κ2) is 9.71. The van der Waals surface area contributed by atoms with Crippen LogP contribution < -0.4 is 26.0 Å². The number of aromatic nitrogens is 2. The van der Waals surface area contributed by atoms with E-state index in [1.807, 2.05) is 42.5 Å². The van der Waals surface area contributed by atoms with E-state index in [1.165, 1.54) is 6.20 Å². The van der Waals surface area contributed by atoms with Crippen molar-refractivity contribution in [3.63, 3.8) is 0 Å². The van der Waals surface area contributed by atoms with Crippen LogP contribution in [0.3, 0.4) is 0 Å². The average Bonchev–Trinajstić information content (AvgIpc) is 2.78. The number of rotatable bonds is 6. The van der Waals surface area contributed by atoms with Crippen LogP contribution in [0.1, 0.15) is 0 Å². The Morgan fingerprint density at radius 3 is 2.56 bits per heavy atom. The fraction of sp³-hybridized carbons (Fsp3) is 0.227. The van der Waals surface area contributed by atoms with E-state index in [0.29, 0.717) is 22.3 Å². The number of piperazine rings is 1. The topological polar surface area (TPSA) is 109 Å². The van der Waals surface area contributed by atoms with Crippen LogP contribution in [-0.4, -0.2) is 54.2 Å². The summed E-state index contributed by atoms with van der Waals surface area (Å²) in [6.45, 7) is 3.69. The third kappa shape index (κ3) is 5.37. The van der Waals surface area contributed by atoms with Crippen molar-refractivity contribution in [2.75, 3.05) is 48.8 Å². The molecular formula is C22H24ClN7O2. The third-order valence-corrected chi connectivity index (χ3v) is 5.35. The van der Waals surface area contributed by atoms with Crippen molar-refractivity contribution in [3.8, 4) is 5.75 Å². The lowest BCUT2D eigenvalue weighted by Gasteiger charge is -2.34. The van der Waals surface area contributed by atoms with Gasteiger partial charge in [-0.25, -0.2) is 9.78 Å². The van der Waals surface area contributed by atoms with Crippen molar-refractivity contribution >= 4 is 46.5 Å². The van der Waals surface area contributed by atoms with Crippen molar-refractivity contribution in [2.45, 2.75) is 0 Å². The van der Waals surface area contributed by atoms with Gasteiger partial charge < -0.3 is 30.9 Å². The zero-order valence-electron chi connectivity index (χ0n) is 17.6. The monoisotopic (exact) mass is 453 g/mol. The maximum Gasteiger partial charge on any atom is 0.410 e. The zero-order valence-corrected chi connectivity index (χ0v) is 18.3. The smallest absolute Gasteiger partial charge is 0.408 e. The number of amides is 1. The predicted octanol–water partition coefficient (Wildman–Crippen LogP) is 3.83. The minimum atomic E-state index is -0.896. The molecule has 9 nitrogen and oxygen atoms in total. The first-order valence-corrected chi connectivity index (χ1v) is 10.5. The fourth-order valence-electron chi connectivity index (χ4n) is 3.36. The minimum Gasteiger partial charge on any atom is -0.408 e. The SMILES string of the molecule is CN1CCN(c2ccc(Nc3ncc(Cl)c(Nc4ccccc4)n3)c(OC(N)=O)c2)CC1. The molecule has 2 aromatic carbocycles. The summed E-state index contributed by atoms with van der Waals surface area (Å²) < 4.78 is 5.26. The first kappa shape index (κ1) is 21.7. The molecule has 0 atom stereocenters. The number of likely N-dealkylation sites (N-methyl/N-ethyl adjacent to an activating group) is 1. The van der Waals surface area contributed by atoms with Gasteiger partial charge in [-0.15, -0.1) is 0 Å². The van der Waals surface area contributed by atoms with Gasteiger partial charge >= 0.3 is 6.09 Å². The summed E-state index contributed by atoms with van der Waals surface area (Å²) in [5.41, 5.74) is 7.59. The Balaban J connectivity index is 1.57. The first-order chi connectivity index (χ1) is 15.5. The second-order valence-corrected chi connectivity index (χ2v) is 7.81. The summed E-state index contributed by atoms with van der Waals surface area (Å²) in [5, 5.41) is 6.62. The Bertz CT molecular complexity index is 1090. The lowest BCUT2D eigenvalue weighted by atomic mass is 10.2. The summed E-state index contributed by atoms with van der Waals surface area (Å²) in [5.74, 6) is 1.03.